The van der Waals surface area contributed by atoms with Gasteiger partial charge >= 0.3 is 0 Å². The molecule has 0 spiro atoms. The lowest BCUT2D eigenvalue weighted by Gasteiger charge is -2.32. The van der Waals surface area contributed by atoms with Gasteiger partial charge in [0, 0.05) is 36.8 Å². The molecule has 1 aromatic carbocycles. The van der Waals surface area contributed by atoms with Crippen LogP contribution in [0.5, 0.6) is 0 Å². The fraction of sp³-hybridized carbons (Fsp3) is 0.333. The van der Waals surface area contributed by atoms with Gasteiger partial charge in [-0.05, 0) is 41.2 Å². The second-order valence-electron chi connectivity index (χ2n) is 6.10. The van der Waals surface area contributed by atoms with Gasteiger partial charge in [-0.2, -0.15) is 0 Å². The number of azide groups is 1. The lowest BCUT2D eigenvalue weighted by molar-refractivity contribution is 0.0908. The number of nitrogens with zero attached hydrogens (tertiary/aromatic N) is 5. The van der Waals surface area contributed by atoms with Gasteiger partial charge < -0.3 is 5.32 Å². The molecule has 7 heteroatoms. The summed E-state index contributed by atoms with van der Waals surface area (Å²) in [5.74, 6) is 0.120. The molecule has 3 rings (SSSR count). The lowest BCUT2D eigenvalue weighted by Crippen LogP contribution is -2.44. The van der Waals surface area contributed by atoms with E-state index in [-0.39, 0.29) is 17.8 Å². The zero-order chi connectivity index (χ0) is 17.5. The zero-order valence-corrected chi connectivity index (χ0v) is 13.9. The van der Waals surface area contributed by atoms with E-state index < -0.39 is 0 Å². The number of amides is 1. The molecule has 0 unspecified atom stereocenters. The van der Waals surface area contributed by atoms with Gasteiger partial charge in [-0.25, -0.2) is 0 Å². The summed E-state index contributed by atoms with van der Waals surface area (Å²) in [5, 5.41) is 6.46. The fourth-order valence-electron chi connectivity index (χ4n) is 2.97. The molecule has 7 nitrogen and oxygen atoms in total. The fourth-order valence-corrected chi connectivity index (χ4v) is 2.97. The summed E-state index contributed by atoms with van der Waals surface area (Å²) in [6, 6.07) is 13.8. The van der Waals surface area contributed by atoms with Crippen molar-refractivity contribution in [3.63, 3.8) is 0 Å². The summed E-state index contributed by atoms with van der Waals surface area (Å²) in [7, 11) is 0. The van der Waals surface area contributed by atoms with Crippen LogP contribution in [0.2, 0.25) is 0 Å². The molecule has 0 bridgehead atoms. The predicted octanol–water partition coefficient (Wildman–Crippen LogP) is 3.42. The highest BCUT2D eigenvalue weighted by atomic mass is 16.1. The van der Waals surface area contributed by atoms with Crippen molar-refractivity contribution in [2.75, 3.05) is 13.1 Å². The number of hydrogen-bond donors (Lipinski definition) is 1. The van der Waals surface area contributed by atoms with Crippen molar-refractivity contribution in [3.05, 3.63) is 70.2 Å². The van der Waals surface area contributed by atoms with E-state index in [1.54, 1.807) is 6.07 Å². The Hall–Kier alpha value is -2.89. The highest BCUT2D eigenvalue weighted by Crippen LogP contribution is 2.15. The third-order valence-electron chi connectivity index (χ3n) is 4.33. The first kappa shape index (κ1) is 17.0. The van der Waals surface area contributed by atoms with Gasteiger partial charge in [-0.15, -0.1) is 0 Å². The van der Waals surface area contributed by atoms with Gasteiger partial charge in [0.1, 0.15) is 5.82 Å². The molecule has 1 fully saturated rings. The maximum atomic E-state index is 12.3. The minimum atomic E-state index is -0.138. The van der Waals surface area contributed by atoms with E-state index in [2.05, 4.69) is 49.5 Å². The van der Waals surface area contributed by atoms with E-state index in [1.807, 2.05) is 6.07 Å². The number of piperidine rings is 1. The summed E-state index contributed by atoms with van der Waals surface area (Å²) in [6.45, 7) is 2.88. The standard InChI is InChI=1S/C18H20N6O/c19-23-22-17-7-6-15(12-20-17)18(25)21-16-8-10-24(11-9-16)13-14-4-2-1-3-5-14/h1-7,12,16H,8-11,13H2,(H,21,25). The average Bonchev–Trinajstić information content (AvgIpc) is 2.65. The van der Waals surface area contributed by atoms with Gasteiger partial charge in [0.25, 0.3) is 5.91 Å². The number of aromatic nitrogens is 1. The highest BCUT2D eigenvalue weighted by Gasteiger charge is 2.21. The van der Waals surface area contributed by atoms with E-state index in [0.717, 1.165) is 32.5 Å². The minimum Gasteiger partial charge on any atom is -0.349 e. The monoisotopic (exact) mass is 336 g/mol. The molecule has 25 heavy (non-hydrogen) atoms. The van der Waals surface area contributed by atoms with E-state index in [4.69, 9.17) is 5.53 Å². The molecule has 1 N–H and O–H groups in total. The third-order valence-corrected chi connectivity index (χ3v) is 4.33. The Bertz CT molecular complexity index is 747. The number of rotatable bonds is 5. The Morgan fingerprint density at radius 1 is 1.24 bits per heavy atom. The van der Waals surface area contributed by atoms with Crippen molar-refractivity contribution in [1.82, 2.24) is 15.2 Å². The van der Waals surface area contributed by atoms with Crippen LogP contribution in [-0.2, 0) is 6.54 Å². The maximum Gasteiger partial charge on any atom is 0.253 e. The van der Waals surface area contributed by atoms with Crippen LogP contribution in [0, 0.1) is 0 Å². The van der Waals surface area contributed by atoms with E-state index >= 15 is 0 Å². The second-order valence-corrected chi connectivity index (χ2v) is 6.10. The number of nitrogens with one attached hydrogen (secondary N) is 1. The molecule has 1 amide bonds. The minimum absolute atomic E-state index is 0.138. The van der Waals surface area contributed by atoms with Crippen LogP contribution in [0.3, 0.4) is 0 Å². The van der Waals surface area contributed by atoms with Gasteiger partial charge in [0.05, 0.1) is 5.56 Å². The first-order valence-corrected chi connectivity index (χ1v) is 8.33. The van der Waals surface area contributed by atoms with Crippen molar-refractivity contribution in [1.29, 1.82) is 0 Å². The van der Waals surface area contributed by atoms with Crippen molar-refractivity contribution in [2.24, 2.45) is 5.11 Å². The molecule has 128 valence electrons. The van der Waals surface area contributed by atoms with Crippen LogP contribution < -0.4 is 5.32 Å². The van der Waals surface area contributed by atoms with Crippen LogP contribution >= 0.6 is 0 Å². The SMILES string of the molecule is [N-]=[N+]=Nc1ccc(C(=O)NC2CCN(Cc3ccccc3)CC2)cn1. The van der Waals surface area contributed by atoms with Gasteiger partial charge in [0.2, 0.25) is 0 Å². The van der Waals surface area contributed by atoms with Crippen molar-refractivity contribution < 1.29 is 4.79 Å². The normalized spacial score (nSPS) is 15.4. The maximum absolute atomic E-state index is 12.3. The summed E-state index contributed by atoms with van der Waals surface area (Å²) in [4.78, 5) is 21.3. The Balaban J connectivity index is 1.48. The topological polar surface area (TPSA) is 94.0 Å². The highest BCUT2D eigenvalue weighted by molar-refractivity contribution is 5.94. The average molecular weight is 336 g/mol. The molecule has 2 aromatic rings. The van der Waals surface area contributed by atoms with E-state index in [1.165, 1.54) is 17.8 Å². The van der Waals surface area contributed by atoms with Crippen LogP contribution in [0.1, 0.15) is 28.8 Å². The first-order valence-electron chi connectivity index (χ1n) is 8.33. The number of carbonyl (C=O) groups is 1. The summed E-state index contributed by atoms with van der Waals surface area (Å²) in [5.41, 5.74) is 10.2. The first-order chi connectivity index (χ1) is 12.2. The molecule has 0 aliphatic carbocycles. The molecule has 0 radical (unpaired) electrons. The van der Waals surface area contributed by atoms with E-state index in [0.29, 0.717) is 5.56 Å². The van der Waals surface area contributed by atoms with Crippen LogP contribution in [0.15, 0.2) is 53.8 Å². The molecule has 2 heterocycles. The Morgan fingerprint density at radius 2 is 2.00 bits per heavy atom. The molecule has 0 atom stereocenters. The predicted molar refractivity (Wildman–Crippen MR) is 95.3 cm³/mol. The number of carbonyl (C=O) groups excluding carboxylic acids is 1. The molecule has 0 saturated carbocycles. The molecular formula is C18H20N6O. The zero-order valence-electron chi connectivity index (χ0n) is 13.9. The van der Waals surface area contributed by atoms with Crippen molar-refractivity contribution in [2.45, 2.75) is 25.4 Å². The second kappa shape index (κ2) is 8.28. The number of benzene rings is 1. The summed E-state index contributed by atoms with van der Waals surface area (Å²) < 4.78 is 0. The van der Waals surface area contributed by atoms with Gasteiger partial charge in [-0.1, -0.05) is 30.3 Å². The smallest absolute Gasteiger partial charge is 0.253 e. The number of likely N-dealkylation sites (tertiary alicyclic amines) is 1. The van der Waals surface area contributed by atoms with Crippen LogP contribution in [-0.4, -0.2) is 34.9 Å². The Kier molecular flexibility index (Phi) is 5.61. The number of pyridine rings is 1. The molecule has 1 aromatic heterocycles. The van der Waals surface area contributed by atoms with Crippen LogP contribution in [0.4, 0.5) is 5.82 Å². The molecule has 1 aliphatic rings. The lowest BCUT2D eigenvalue weighted by atomic mass is 10.0. The molecule has 1 saturated heterocycles. The number of hydrogen-bond acceptors (Lipinski definition) is 4. The Morgan fingerprint density at radius 3 is 2.64 bits per heavy atom. The third kappa shape index (κ3) is 4.79. The molecular weight excluding hydrogens is 316 g/mol. The quantitative estimate of drug-likeness (QED) is 0.515. The van der Waals surface area contributed by atoms with Gasteiger partial charge in [0.15, 0.2) is 0 Å². The van der Waals surface area contributed by atoms with Gasteiger partial charge in [-0.3, -0.25) is 14.7 Å². The largest absolute Gasteiger partial charge is 0.349 e. The van der Waals surface area contributed by atoms with E-state index in [9.17, 15) is 4.79 Å². The van der Waals surface area contributed by atoms with Crippen LogP contribution in [0.25, 0.3) is 10.4 Å². The molecule has 1 aliphatic heterocycles. The Labute approximate surface area is 146 Å². The summed E-state index contributed by atoms with van der Waals surface area (Å²) >= 11 is 0. The van der Waals surface area contributed by atoms with Crippen molar-refractivity contribution >= 4 is 11.7 Å². The summed E-state index contributed by atoms with van der Waals surface area (Å²) in [6.07, 6.45) is 3.30. The van der Waals surface area contributed by atoms with Crippen molar-refractivity contribution in [3.8, 4) is 0 Å².